The Labute approximate surface area is 160 Å². The van der Waals surface area contributed by atoms with Crippen LogP contribution in [0.4, 0.5) is 0 Å². The van der Waals surface area contributed by atoms with Crippen molar-refractivity contribution in [1.82, 2.24) is 9.88 Å². The molecule has 1 saturated heterocycles. The zero-order chi connectivity index (χ0) is 18.6. The first-order chi connectivity index (χ1) is 12.4. The minimum absolute atomic E-state index is 0.0970. The molecule has 1 amide bonds. The summed E-state index contributed by atoms with van der Waals surface area (Å²) >= 11 is 6.02. The van der Waals surface area contributed by atoms with Gasteiger partial charge in [0.2, 0.25) is 5.91 Å². The summed E-state index contributed by atoms with van der Waals surface area (Å²) in [5.41, 5.74) is 0.960. The van der Waals surface area contributed by atoms with Crippen molar-refractivity contribution in [3.8, 4) is 0 Å². The average molecular weight is 375 g/mol. The Kier molecular flexibility index (Phi) is 6.05. The molecule has 26 heavy (non-hydrogen) atoms. The van der Waals surface area contributed by atoms with Gasteiger partial charge in [0.05, 0.1) is 5.60 Å². The first-order valence-electron chi connectivity index (χ1n) is 9.21. The number of amides is 1. The van der Waals surface area contributed by atoms with Crippen LogP contribution in [0.5, 0.6) is 0 Å². The summed E-state index contributed by atoms with van der Waals surface area (Å²) in [6.07, 6.45) is 6.24. The van der Waals surface area contributed by atoms with Crippen molar-refractivity contribution in [3.63, 3.8) is 0 Å². The standard InChI is InChI=1S/C21H27ClN2O2/c1-21(2)14-19(9-12-26-21)23-20(25)13-17(15-24-10-3-4-11-24)16-5-7-18(22)8-6-16/h3-8,10-11,17,19H,9,12-15H2,1-2H3,(H,23,25). The highest BCUT2D eigenvalue weighted by Gasteiger charge is 2.30. The van der Waals surface area contributed by atoms with Crippen LogP contribution in [0.1, 0.15) is 44.6 Å². The second kappa shape index (κ2) is 8.28. The predicted molar refractivity (Wildman–Crippen MR) is 104 cm³/mol. The lowest BCUT2D eigenvalue weighted by Crippen LogP contribution is -2.46. The van der Waals surface area contributed by atoms with E-state index >= 15 is 0 Å². The predicted octanol–water partition coefficient (Wildman–Crippen LogP) is 4.39. The summed E-state index contributed by atoms with van der Waals surface area (Å²) < 4.78 is 7.86. The van der Waals surface area contributed by atoms with Crippen LogP contribution in [0.2, 0.25) is 5.02 Å². The molecule has 1 fully saturated rings. The van der Waals surface area contributed by atoms with Crippen LogP contribution in [0.15, 0.2) is 48.8 Å². The van der Waals surface area contributed by atoms with Gasteiger partial charge in [-0.05, 0) is 56.5 Å². The molecule has 2 heterocycles. The Hall–Kier alpha value is -1.78. The van der Waals surface area contributed by atoms with Gasteiger partial charge >= 0.3 is 0 Å². The summed E-state index contributed by atoms with van der Waals surface area (Å²) in [5, 5.41) is 3.92. The second-order valence-corrected chi connectivity index (χ2v) is 8.13. The topological polar surface area (TPSA) is 43.3 Å². The number of aromatic nitrogens is 1. The Morgan fingerprint density at radius 3 is 2.65 bits per heavy atom. The molecule has 5 heteroatoms. The molecule has 2 unspecified atom stereocenters. The highest BCUT2D eigenvalue weighted by atomic mass is 35.5. The van der Waals surface area contributed by atoms with Crippen molar-refractivity contribution in [1.29, 1.82) is 0 Å². The molecular weight excluding hydrogens is 348 g/mol. The number of rotatable bonds is 6. The molecule has 0 bridgehead atoms. The quantitative estimate of drug-likeness (QED) is 0.814. The van der Waals surface area contributed by atoms with Crippen molar-refractivity contribution in [2.45, 2.75) is 57.2 Å². The molecule has 1 N–H and O–H groups in total. The number of ether oxygens (including phenoxy) is 1. The molecule has 1 aliphatic heterocycles. The number of carbonyl (C=O) groups excluding carboxylic acids is 1. The Balaban J connectivity index is 1.66. The maximum absolute atomic E-state index is 12.7. The molecule has 2 aromatic rings. The van der Waals surface area contributed by atoms with Crippen LogP contribution in [-0.2, 0) is 16.1 Å². The summed E-state index contributed by atoms with van der Waals surface area (Å²) in [6, 6.07) is 12.0. The Bertz CT molecular complexity index is 710. The zero-order valence-corrected chi connectivity index (χ0v) is 16.2. The fourth-order valence-corrected chi connectivity index (χ4v) is 3.76. The van der Waals surface area contributed by atoms with Crippen molar-refractivity contribution in [3.05, 3.63) is 59.4 Å². The number of hydrogen-bond acceptors (Lipinski definition) is 2. The normalized spacial score (nSPS) is 20.5. The van der Waals surface area contributed by atoms with Gasteiger partial charge in [0.1, 0.15) is 0 Å². The minimum Gasteiger partial charge on any atom is -0.375 e. The first kappa shape index (κ1) is 19.0. The van der Waals surface area contributed by atoms with Crippen LogP contribution >= 0.6 is 11.6 Å². The molecule has 4 nitrogen and oxygen atoms in total. The molecular formula is C21H27ClN2O2. The van der Waals surface area contributed by atoms with Crippen molar-refractivity contribution < 1.29 is 9.53 Å². The van der Waals surface area contributed by atoms with Gasteiger partial charge in [-0.2, -0.15) is 0 Å². The van der Waals surface area contributed by atoms with E-state index in [2.05, 4.69) is 23.7 Å². The van der Waals surface area contributed by atoms with Crippen molar-refractivity contribution in [2.75, 3.05) is 6.61 Å². The van der Waals surface area contributed by atoms with E-state index < -0.39 is 0 Å². The highest BCUT2D eigenvalue weighted by molar-refractivity contribution is 6.30. The molecule has 2 atom stereocenters. The van der Waals surface area contributed by atoms with E-state index in [4.69, 9.17) is 16.3 Å². The molecule has 0 spiro atoms. The monoisotopic (exact) mass is 374 g/mol. The fourth-order valence-electron chi connectivity index (χ4n) is 3.63. The van der Waals surface area contributed by atoms with Crippen molar-refractivity contribution in [2.24, 2.45) is 0 Å². The second-order valence-electron chi connectivity index (χ2n) is 7.70. The van der Waals surface area contributed by atoms with Gasteiger partial charge < -0.3 is 14.6 Å². The van der Waals surface area contributed by atoms with Gasteiger partial charge in [0.25, 0.3) is 0 Å². The number of carbonyl (C=O) groups is 1. The molecule has 0 saturated carbocycles. The van der Waals surface area contributed by atoms with Crippen LogP contribution in [0.25, 0.3) is 0 Å². The molecule has 0 aliphatic carbocycles. The molecule has 0 radical (unpaired) electrons. The summed E-state index contributed by atoms with van der Waals surface area (Å²) in [7, 11) is 0. The van der Waals surface area contributed by atoms with Crippen LogP contribution in [0.3, 0.4) is 0 Å². The molecule has 1 aliphatic rings. The maximum atomic E-state index is 12.7. The first-order valence-corrected chi connectivity index (χ1v) is 9.59. The van der Waals surface area contributed by atoms with E-state index in [1.54, 1.807) is 0 Å². The van der Waals surface area contributed by atoms with Crippen LogP contribution < -0.4 is 5.32 Å². The number of hydrogen-bond donors (Lipinski definition) is 1. The smallest absolute Gasteiger partial charge is 0.220 e. The average Bonchev–Trinajstić information content (AvgIpc) is 3.07. The number of halogens is 1. The summed E-state index contributed by atoms with van der Waals surface area (Å²) in [6.45, 7) is 5.62. The van der Waals surface area contributed by atoms with Crippen LogP contribution in [0, 0.1) is 0 Å². The van der Waals surface area contributed by atoms with Gasteiger partial charge in [-0.3, -0.25) is 4.79 Å². The van der Waals surface area contributed by atoms with Gasteiger partial charge in [-0.1, -0.05) is 23.7 Å². The lowest BCUT2D eigenvalue weighted by molar-refractivity contribution is -0.124. The molecule has 1 aromatic carbocycles. The lowest BCUT2D eigenvalue weighted by atomic mass is 9.92. The molecule has 1 aromatic heterocycles. The van der Waals surface area contributed by atoms with Gasteiger partial charge in [-0.15, -0.1) is 0 Å². The van der Waals surface area contributed by atoms with E-state index in [1.807, 2.05) is 48.8 Å². The van der Waals surface area contributed by atoms with E-state index in [1.165, 1.54) is 0 Å². The third kappa shape index (κ3) is 5.36. The minimum atomic E-state index is -0.170. The maximum Gasteiger partial charge on any atom is 0.220 e. The number of nitrogens with one attached hydrogen (secondary N) is 1. The third-order valence-corrected chi connectivity index (χ3v) is 5.18. The molecule has 3 rings (SSSR count). The fraction of sp³-hybridized carbons (Fsp3) is 0.476. The van der Waals surface area contributed by atoms with E-state index in [0.29, 0.717) is 18.1 Å². The lowest BCUT2D eigenvalue weighted by Gasteiger charge is -2.36. The van der Waals surface area contributed by atoms with Gasteiger partial charge in [0.15, 0.2) is 0 Å². The number of nitrogens with zero attached hydrogens (tertiary/aromatic N) is 1. The van der Waals surface area contributed by atoms with Crippen LogP contribution in [-0.4, -0.2) is 28.7 Å². The SMILES string of the molecule is CC1(C)CC(NC(=O)CC(Cn2cccc2)c2ccc(Cl)cc2)CCO1. The summed E-state index contributed by atoms with van der Waals surface area (Å²) in [4.78, 5) is 12.7. The van der Waals surface area contributed by atoms with Gasteiger partial charge in [-0.25, -0.2) is 0 Å². The van der Waals surface area contributed by atoms with E-state index in [0.717, 1.165) is 24.9 Å². The largest absolute Gasteiger partial charge is 0.375 e. The highest BCUT2D eigenvalue weighted by Crippen LogP contribution is 2.26. The summed E-state index contributed by atoms with van der Waals surface area (Å²) in [5.74, 6) is 0.201. The van der Waals surface area contributed by atoms with Crippen molar-refractivity contribution >= 4 is 17.5 Å². The Morgan fingerprint density at radius 1 is 1.31 bits per heavy atom. The number of benzene rings is 1. The van der Waals surface area contributed by atoms with E-state index in [-0.39, 0.29) is 23.5 Å². The molecule has 140 valence electrons. The van der Waals surface area contributed by atoms with Gasteiger partial charge in [0, 0.05) is 48.9 Å². The Morgan fingerprint density at radius 2 is 2.00 bits per heavy atom. The van der Waals surface area contributed by atoms with E-state index in [9.17, 15) is 4.79 Å². The zero-order valence-electron chi connectivity index (χ0n) is 15.5. The third-order valence-electron chi connectivity index (χ3n) is 4.93.